The average molecular weight is 367 g/mol. The molecule has 7 heteroatoms. The van der Waals surface area contributed by atoms with Crippen LogP contribution < -0.4 is 0 Å². The van der Waals surface area contributed by atoms with Crippen LogP contribution in [0.15, 0.2) is 0 Å². The number of hydrogen-bond acceptors (Lipinski definition) is 5. The Labute approximate surface area is 156 Å². The van der Waals surface area contributed by atoms with Crippen molar-refractivity contribution in [2.24, 2.45) is 0 Å². The number of likely N-dealkylation sites (tertiary alicyclic amines) is 1. The summed E-state index contributed by atoms with van der Waals surface area (Å²) < 4.78 is 5.74. The van der Waals surface area contributed by atoms with E-state index in [9.17, 15) is 14.7 Å². The van der Waals surface area contributed by atoms with E-state index < -0.39 is 11.7 Å². The van der Waals surface area contributed by atoms with Gasteiger partial charge in [-0.1, -0.05) is 19.3 Å². The predicted molar refractivity (Wildman–Crippen MR) is 97.8 cm³/mol. The zero-order chi connectivity index (χ0) is 18.7. The maximum absolute atomic E-state index is 12.3. The smallest absolute Gasteiger partial charge is 0.410 e. The SMILES string of the molecule is CC(O)C(=O)N1CCC2(CC1)CN(CCN(C)C1CCCCC1)C(=O)O2. The Morgan fingerprint density at radius 1 is 1.31 bits per heavy atom. The molecule has 0 aromatic rings. The van der Waals surface area contributed by atoms with Crippen LogP contribution in [0.3, 0.4) is 0 Å². The van der Waals surface area contributed by atoms with Gasteiger partial charge in [0.25, 0.3) is 5.91 Å². The summed E-state index contributed by atoms with van der Waals surface area (Å²) in [5.74, 6) is -0.241. The summed E-state index contributed by atoms with van der Waals surface area (Å²) in [5, 5.41) is 9.45. The van der Waals surface area contributed by atoms with E-state index in [1.54, 1.807) is 4.90 Å². The molecule has 3 rings (SSSR count). The van der Waals surface area contributed by atoms with Gasteiger partial charge in [0.15, 0.2) is 0 Å². The molecule has 26 heavy (non-hydrogen) atoms. The van der Waals surface area contributed by atoms with Gasteiger partial charge in [-0.2, -0.15) is 0 Å². The number of carbonyl (C=O) groups is 2. The van der Waals surface area contributed by atoms with Crippen LogP contribution in [-0.4, -0.2) is 89.3 Å². The Bertz CT molecular complexity index is 511. The second kappa shape index (κ2) is 8.13. The molecule has 0 bridgehead atoms. The van der Waals surface area contributed by atoms with Crippen LogP contribution >= 0.6 is 0 Å². The Kier molecular flexibility index (Phi) is 6.07. The van der Waals surface area contributed by atoms with Crippen LogP contribution in [0.5, 0.6) is 0 Å². The molecule has 3 fully saturated rings. The van der Waals surface area contributed by atoms with Gasteiger partial charge in [0.05, 0.1) is 6.54 Å². The molecule has 148 valence electrons. The van der Waals surface area contributed by atoms with E-state index in [2.05, 4.69) is 11.9 Å². The van der Waals surface area contributed by atoms with E-state index in [0.29, 0.717) is 45.1 Å². The first-order valence-electron chi connectivity index (χ1n) is 10.1. The summed E-state index contributed by atoms with van der Waals surface area (Å²) >= 11 is 0. The van der Waals surface area contributed by atoms with Gasteiger partial charge in [-0.15, -0.1) is 0 Å². The van der Waals surface area contributed by atoms with Crippen molar-refractivity contribution >= 4 is 12.0 Å². The van der Waals surface area contributed by atoms with Crippen molar-refractivity contribution in [3.05, 3.63) is 0 Å². The number of ether oxygens (including phenoxy) is 1. The lowest BCUT2D eigenvalue weighted by molar-refractivity contribution is -0.142. The zero-order valence-corrected chi connectivity index (χ0v) is 16.2. The van der Waals surface area contributed by atoms with Crippen molar-refractivity contribution in [3.8, 4) is 0 Å². The first-order chi connectivity index (χ1) is 12.4. The minimum atomic E-state index is -0.970. The largest absolute Gasteiger partial charge is 0.441 e. The molecule has 0 aromatic heterocycles. The Hall–Kier alpha value is -1.34. The summed E-state index contributed by atoms with van der Waals surface area (Å²) in [6.07, 6.45) is 6.59. The third-order valence-corrected chi connectivity index (χ3v) is 6.31. The van der Waals surface area contributed by atoms with Crippen LogP contribution in [-0.2, 0) is 9.53 Å². The molecule has 2 aliphatic heterocycles. The fourth-order valence-electron chi connectivity index (χ4n) is 4.51. The molecule has 1 aliphatic carbocycles. The van der Waals surface area contributed by atoms with E-state index in [4.69, 9.17) is 4.74 Å². The van der Waals surface area contributed by atoms with Crippen LogP contribution in [0.2, 0.25) is 0 Å². The van der Waals surface area contributed by atoms with Gasteiger partial charge < -0.3 is 24.5 Å². The Morgan fingerprint density at radius 2 is 1.96 bits per heavy atom. The van der Waals surface area contributed by atoms with E-state index in [1.165, 1.54) is 39.0 Å². The van der Waals surface area contributed by atoms with Crippen molar-refractivity contribution in [2.45, 2.75) is 69.6 Å². The second-order valence-corrected chi connectivity index (χ2v) is 8.25. The van der Waals surface area contributed by atoms with Crippen molar-refractivity contribution in [1.82, 2.24) is 14.7 Å². The number of carbonyl (C=O) groups excluding carboxylic acids is 2. The van der Waals surface area contributed by atoms with E-state index in [0.717, 1.165) is 6.54 Å². The third kappa shape index (κ3) is 4.31. The second-order valence-electron chi connectivity index (χ2n) is 8.25. The lowest BCUT2D eigenvalue weighted by atomic mass is 9.91. The van der Waals surface area contributed by atoms with Crippen molar-refractivity contribution < 1.29 is 19.4 Å². The number of likely N-dealkylation sites (N-methyl/N-ethyl adjacent to an activating group) is 1. The van der Waals surface area contributed by atoms with E-state index >= 15 is 0 Å². The summed E-state index contributed by atoms with van der Waals surface area (Å²) in [6, 6.07) is 0.644. The highest BCUT2D eigenvalue weighted by Gasteiger charge is 2.47. The fourth-order valence-corrected chi connectivity index (χ4v) is 4.51. The van der Waals surface area contributed by atoms with Crippen LogP contribution in [0.4, 0.5) is 4.79 Å². The molecule has 7 nitrogen and oxygen atoms in total. The van der Waals surface area contributed by atoms with E-state index in [-0.39, 0.29) is 12.0 Å². The molecule has 2 heterocycles. The molecule has 2 saturated heterocycles. The molecule has 1 saturated carbocycles. The highest BCUT2D eigenvalue weighted by molar-refractivity contribution is 5.80. The van der Waals surface area contributed by atoms with Crippen LogP contribution in [0.1, 0.15) is 51.9 Å². The zero-order valence-electron chi connectivity index (χ0n) is 16.2. The number of aliphatic hydroxyl groups is 1. The number of rotatable bonds is 5. The van der Waals surface area contributed by atoms with Gasteiger partial charge >= 0.3 is 6.09 Å². The highest BCUT2D eigenvalue weighted by Crippen LogP contribution is 2.33. The average Bonchev–Trinajstić information content (AvgIpc) is 2.95. The maximum Gasteiger partial charge on any atom is 0.410 e. The van der Waals surface area contributed by atoms with E-state index in [1.807, 2.05) is 4.90 Å². The van der Waals surface area contributed by atoms with Crippen molar-refractivity contribution in [1.29, 1.82) is 0 Å². The first kappa shape index (κ1) is 19.4. The summed E-state index contributed by atoms with van der Waals surface area (Å²) in [6.45, 7) is 4.75. The van der Waals surface area contributed by atoms with Gasteiger partial charge in [0, 0.05) is 45.1 Å². The van der Waals surface area contributed by atoms with Gasteiger partial charge in [-0.25, -0.2) is 4.79 Å². The fraction of sp³-hybridized carbons (Fsp3) is 0.895. The minimum absolute atomic E-state index is 0.225. The lowest BCUT2D eigenvalue weighted by Gasteiger charge is -2.38. The number of amides is 2. The summed E-state index contributed by atoms with van der Waals surface area (Å²) in [5.41, 5.74) is -0.462. The van der Waals surface area contributed by atoms with Gasteiger partial charge in [-0.3, -0.25) is 4.79 Å². The molecule has 3 aliphatic rings. The number of aliphatic hydroxyl groups excluding tert-OH is 1. The molecule has 1 unspecified atom stereocenters. The monoisotopic (exact) mass is 367 g/mol. The maximum atomic E-state index is 12.3. The normalized spacial score (nSPS) is 25.0. The number of piperidine rings is 1. The Balaban J connectivity index is 1.47. The van der Waals surface area contributed by atoms with Crippen LogP contribution in [0.25, 0.3) is 0 Å². The molecular weight excluding hydrogens is 334 g/mol. The van der Waals surface area contributed by atoms with Gasteiger partial charge in [0.1, 0.15) is 11.7 Å². The first-order valence-corrected chi connectivity index (χ1v) is 10.1. The quantitative estimate of drug-likeness (QED) is 0.796. The van der Waals surface area contributed by atoms with Crippen LogP contribution in [0, 0.1) is 0 Å². The summed E-state index contributed by atoms with van der Waals surface area (Å²) in [4.78, 5) is 30.1. The van der Waals surface area contributed by atoms with Gasteiger partial charge in [-0.05, 0) is 26.8 Å². The molecule has 1 atom stereocenters. The molecule has 0 radical (unpaired) electrons. The number of hydrogen-bond donors (Lipinski definition) is 1. The lowest BCUT2D eigenvalue weighted by Crippen LogP contribution is -2.50. The molecule has 1 spiro atoms. The third-order valence-electron chi connectivity index (χ3n) is 6.31. The molecule has 0 aromatic carbocycles. The topological polar surface area (TPSA) is 73.3 Å². The van der Waals surface area contributed by atoms with Crippen molar-refractivity contribution in [3.63, 3.8) is 0 Å². The molecule has 2 amide bonds. The standard InChI is InChI=1S/C19H33N3O4/c1-15(23)17(24)21-10-8-19(9-11-21)14-22(18(25)26-19)13-12-20(2)16-6-4-3-5-7-16/h15-16,23H,3-14H2,1-2H3. The molecule has 1 N–H and O–H groups in total. The summed E-state index contributed by atoms with van der Waals surface area (Å²) in [7, 11) is 2.16. The predicted octanol–water partition coefficient (Wildman–Crippen LogP) is 1.45. The minimum Gasteiger partial charge on any atom is -0.441 e. The van der Waals surface area contributed by atoms with Crippen molar-refractivity contribution in [2.75, 3.05) is 39.8 Å². The number of nitrogens with zero attached hydrogens (tertiary/aromatic N) is 3. The Morgan fingerprint density at radius 3 is 2.58 bits per heavy atom. The highest BCUT2D eigenvalue weighted by atomic mass is 16.6. The van der Waals surface area contributed by atoms with Gasteiger partial charge in [0.2, 0.25) is 0 Å². The molecular formula is C19H33N3O4.